The Morgan fingerprint density at radius 3 is 2.77 bits per heavy atom. The number of rotatable bonds is 5. The van der Waals surface area contributed by atoms with Crippen LogP contribution >= 0.6 is 23.4 Å². The maximum atomic E-state index is 13.2. The fourth-order valence-corrected chi connectivity index (χ4v) is 3.53. The first-order valence-electron chi connectivity index (χ1n) is 7.90. The van der Waals surface area contributed by atoms with Gasteiger partial charge in [-0.2, -0.15) is 0 Å². The van der Waals surface area contributed by atoms with Crippen LogP contribution in [0.3, 0.4) is 0 Å². The molecule has 0 radical (unpaired) electrons. The third kappa shape index (κ3) is 4.08. The van der Waals surface area contributed by atoms with Gasteiger partial charge in [0.1, 0.15) is 11.6 Å². The van der Waals surface area contributed by atoms with E-state index in [0.29, 0.717) is 22.8 Å². The average Bonchev–Trinajstić information content (AvgIpc) is 2.85. The molecule has 134 valence electrons. The summed E-state index contributed by atoms with van der Waals surface area (Å²) in [5.41, 5.74) is 1.27. The highest BCUT2D eigenvalue weighted by Crippen LogP contribution is 2.34. The molecule has 1 fully saturated rings. The van der Waals surface area contributed by atoms with Crippen LogP contribution in [0.25, 0.3) is 6.08 Å². The maximum absolute atomic E-state index is 13.2. The van der Waals surface area contributed by atoms with Crippen molar-refractivity contribution >= 4 is 40.6 Å². The third-order valence-electron chi connectivity index (χ3n) is 3.68. The molecule has 0 spiro atoms. The number of carbonyl (C=O) groups is 2. The third-order valence-corrected chi connectivity index (χ3v) is 4.94. The zero-order chi connectivity index (χ0) is 18.7. The molecule has 0 bridgehead atoms. The first-order valence-corrected chi connectivity index (χ1v) is 9.09. The number of amides is 2. The highest BCUT2D eigenvalue weighted by atomic mass is 35.5. The number of hydrogen-bond donors (Lipinski definition) is 0. The molecule has 0 aliphatic carbocycles. The molecular weight excluding hydrogens is 377 g/mol. The highest BCUT2D eigenvalue weighted by Gasteiger charge is 2.35. The number of benzene rings is 2. The number of nitrogens with zero attached hydrogens (tertiary/aromatic N) is 1. The van der Waals surface area contributed by atoms with Gasteiger partial charge in [0.2, 0.25) is 0 Å². The number of imide groups is 1. The molecule has 26 heavy (non-hydrogen) atoms. The number of ether oxygens (including phenoxy) is 1. The fourth-order valence-electron chi connectivity index (χ4n) is 2.47. The molecule has 4 nitrogen and oxygen atoms in total. The summed E-state index contributed by atoms with van der Waals surface area (Å²) < 4.78 is 18.6. The molecule has 1 aliphatic heterocycles. The van der Waals surface area contributed by atoms with E-state index in [1.165, 1.54) is 12.1 Å². The Morgan fingerprint density at radius 1 is 1.23 bits per heavy atom. The van der Waals surface area contributed by atoms with Crippen LogP contribution in [0.2, 0.25) is 5.02 Å². The normalized spacial score (nSPS) is 15.8. The summed E-state index contributed by atoms with van der Waals surface area (Å²) in [5, 5.41) is -0.208. The van der Waals surface area contributed by atoms with Crippen molar-refractivity contribution < 1.29 is 18.7 Å². The van der Waals surface area contributed by atoms with Gasteiger partial charge in [-0.05, 0) is 60.2 Å². The summed E-state index contributed by atoms with van der Waals surface area (Å²) in [6.45, 7) is 2.43. The van der Waals surface area contributed by atoms with E-state index in [1.54, 1.807) is 12.1 Å². The summed E-state index contributed by atoms with van der Waals surface area (Å²) in [4.78, 5) is 26.2. The molecule has 2 amide bonds. The summed E-state index contributed by atoms with van der Waals surface area (Å²) >= 11 is 6.86. The van der Waals surface area contributed by atoms with E-state index in [4.69, 9.17) is 16.3 Å². The lowest BCUT2D eigenvalue weighted by molar-refractivity contribution is -0.123. The Morgan fingerprint density at radius 2 is 2.04 bits per heavy atom. The van der Waals surface area contributed by atoms with Crippen LogP contribution in [-0.4, -0.2) is 22.7 Å². The lowest BCUT2D eigenvalue weighted by atomic mass is 10.2. The molecule has 2 aromatic carbocycles. The Kier molecular flexibility index (Phi) is 5.64. The minimum absolute atomic E-state index is 0.000105. The Balaban J connectivity index is 1.81. The Hall–Kier alpha value is -2.31. The predicted octanol–water partition coefficient (Wildman–Crippen LogP) is 5.11. The largest absolute Gasteiger partial charge is 0.494 e. The minimum Gasteiger partial charge on any atom is -0.494 e. The maximum Gasteiger partial charge on any atom is 0.293 e. The van der Waals surface area contributed by atoms with E-state index >= 15 is 0 Å². The SMILES string of the molecule is CCOc1cccc(/C=C2\SC(=O)N(Cc3ccc(F)cc3Cl)C2=O)c1. The molecule has 2 aromatic rings. The molecular formula is C19H15ClFNO3S. The molecule has 0 unspecified atom stereocenters. The molecule has 7 heteroatoms. The molecule has 0 saturated carbocycles. The van der Waals surface area contributed by atoms with Crippen molar-refractivity contribution in [1.82, 2.24) is 4.90 Å². The molecule has 1 saturated heterocycles. The van der Waals surface area contributed by atoms with Crippen molar-refractivity contribution in [2.75, 3.05) is 6.61 Å². The van der Waals surface area contributed by atoms with Crippen molar-refractivity contribution in [2.45, 2.75) is 13.5 Å². The van der Waals surface area contributed by atoms with Crippen molar-refractivity contribution in [3.8, 4) is 5.75 Å². The van der Waals surface area contributed by atoms with Gasteiger partial charge in [0.25, 0.3) is 11.1 Å². The van der Waals surface area contributed by atoms with Crippen LogP contribution < -0.4 is 4.74 Å². The van der Waals surface area contributed by atoms with E-state index in [1.807, 2.05) is 25.1 Å². The van der Waals surface area contributed by atoms with Gasteiger partial charge in [-0.1, -0.05) is 29.8 Å². The van der Waals surface area contributed by atoms with Crippen molar-refractivity contribution in [2.24, 2.45) is 0 Å². The van der Waals surface area contributed by atoms with Gasteiger partial charge < -0.3 is 4.74 Å². The van der Waals surface area contributed by atoms with Crippen LogP contribution in [0.15, 0.2) is 47.4 Å². The number of thioether (sulfide) groups is 1. The zero-order valence-corrected chi connectivity index (χ0v) is 15.4. The fraction of sp³-hybridized carbons (Fsp3) is 0.158. The van der Waals surface area contributed by atoms with Crippen LogP contribution in [0, 0.1) is 5.82 Å². The molecule has 1 heterocycles. The number of halogens is 2. The summed E-state index contributed by atoms with van der Waals surface area (Å²) in [7, 11) is 0. The summed E-state index contributed by atoms with van der Waals surface area (Å²) in [5.74, 6) is -0.178. The number of hydrogen-bond acceptors (Lipinski definition) is 4. The smallest absolute Gasteiger partial charge is 0.293 e. The predicted molar refractivity (Wildman–Crippen MR) is 101 cm³/mol. The Bertz CT molecular complexity index is 900. The minimum atomic E-state index is -0.470. The van der Waals surface area contributed by atoms with Crippen molar-refractivity contribution in [3.63, 3.8) is 0 Å². The second-order valence-electron chi connectivity index (χ2n) is 5.51. The van der Waals surface area contributed by atoms with Crippen LogP contribution in [0.1, 0.15) is 18.1 Å². The second kappa shape index (κ2) is 7.93. The topological polar surface area (TPSA) is 46.6 Å². The van der Waals surface area contributed by atoms with Gasteiger partial charge in [0, 0.05) is 5.02 Å². The molecule has 0 N–H and O–H groups in total. The summed E-state index contributed by atoms with van der Waals surface area (Å²) in [6.07, 6.45) is 1.65. The van der Waals surface area contributed by atoms with Gasteiger partial charge in [0.15, 0.2) is 0 Å². The van der Waals surface area contributed by atoms with Gasteiger partial charge >= 0.3 is 0 Å². The van der Waals surface area contributed by atoms with E-state index < -0.39 is 11.7 Å². The lowest BCUT2D eigenvalue weighted by Gasteiger charge is -2.13. The molecule has 1 aliphatic rings. The number of carbonyl (C=O) groups excluding carboxylic acids is 2. The van der Waals surface area contributed by atoms with Crippen molar-refractivity contribution in [3.05, 3.63) is 69.3 Å². The van der Waals surface area contributed by atoms with Gasteiger partial charge in [0.05, 0.1) is 18.1 Å². The molecule has 3 rings (SSSR count). The van der Waals surface area contributed by atoms with Crippen LogP contribution in [-0.2, 0) is 11.3 Å². The standard InChI is InChI=1S/C19H15ClFNO3S/c1-2-25-15-5-3-4-12(8-15)9-17-18(23)22(19(24)26-17)11-13-6-7-14(21)10-16(13)20/h3-10H,2,11H2,1H3/b17-9-. The Labute approximate surface area is 159 Å². The van der Waals surface area contributed by atoms with Crippen molar-refractivity contribution in [1.29, 1.82) is 0 Å². The van der Waals surface area contributed by atoms with Gasteiger partial charge in [-0.15, -0.1) is 0 Å². The average molecular weight is 392 g/mol. The first-order chi connectivity index (χ1) is 12.5. The van der Waals surface area contributed by atoms with E-state index in [0.717, 1.165) is 28.3 Å². The lowest BCUT2D eigenvalue weighted by Crippen LogP contribution is -2.27. The van der Waals surface area contributed by atoms with E-state index in [9.17, 15) is 14.0 Å². The highest BCUT2D eigenvalue weighted by molar-refractivity contribution is 8.18. The molecule has 0 atom stereocenters. The van der Waals surface area contributed by atoms with Crippen LogP contribution in [0.5, 0.6) is 5.75 Å². The zero-order valence-electron chi connectivity index (χ0n) is 13.9. The van der Waals surface area contributed by atoms with E-state index in [-0.39, 0.29) is 16.8 Å². The quantitative estimate of drug-likeness (QED) is 0.664. The first kappa shape index (κ1) is 18.5. The van der Waals surface area contributed by atoms with Gasteiger partial charge in [-0.3, -0.25) is 14.5 Å². The molecule has 0 aromatic heterocycles. The van der Waals surface area contributed by atoms with E-state index in [2.05, 4.69) is 0 Å². The summed E-state index contributed by atoms with van der Waals surface area (Å²) in [6, 6.07) is 11.1. The monoisotopic (exact) mass is 391 g/mol. The second-order valence-corrected chi connectivity index (χ2v) is 6.91. The van der Waals surface area contributed by atoms with Crippen LogP contribution in [0.4, 0.5) is 9.18 Å². The van der Waals surface area contributed by atoms with Gasteiger partial charge in [-0.25, -0.2) is 4.39 Å².